The summed E-state index contributed by atoms with van der Waals surface area (Å²) in [6, 6.07) is 13.3. The van der Waals surface area contributed by atoms with Crippen molar-refractivity contribution >= 4 is 17.5 Å². The molecule has 1 aromatic heterocycles. The number of nitrogens with zero attached hydrogens (tertiary/aromatic N) is 2. The van der Waals surface area contributed by atoms with Crippen molar-refractivity contribution in [1.82, 2.24) is 15.1 Å². The predicted molar refractivity (Wildman–Crippen MR) is 111 cm³/mol. The Labute approximate surface area is 174 Å². The highest BCUT2D eigenvalue weighted by molar-refractivity contribution is 6.30. The van der Waals surface area contributed by atoms with Gasteiger partial charge in [0.25, 0.3) is 0 Å². The summed E-state index contributed by atoms with van der Waals surface area (Å²) in [6.45, 7) is 5.80. The Morgan fingerprint density at radius 2 is 1.90 bits per heavy atom. The Bertz CT molecular complexity index is 1000. The van der Waals surface area contributed by atoms with Crippen LogP contribution in [0.4, 0.5) is 4.39 Å². The number of hydrogen-bond acceptors (Lipinski definition) is 3. The first kappa shape index (κ1) is 20.9. The number of ether oxygens (including phenoxy) is 1. The van der Waals surface area contributed by atoms with Gasteiger partial charge in [-0.1, -0.05) is 23.7 Å². The molecule has 1 amide bonds. The van der Waals surface area contributed by atoms with Crippen LogP contribution in [0.1, 0.15) is 23.9 Å². The summed E-state index contributed by atoms with van der Waals surface area (Å²) < 4.78 is 20.9. The highest BCUT2D eigenvalue weighted by Crippen LogP contribution is 2.20. The molecule has 1 unspecified atom stereocenters. The second-order valence-corrected chi connectivity index (χ2v) is 7.36. The van der Waals surface area contributed by atoms with Crippen molar-refractivity contribution in [2.24, 2.45) is 0 Å². The van der Waals surface area contributed by atoms with E-state index in [1.807, 2.05) is 32.9 Å². The minimum absolute atomic E-state index is 0.142. The lowest BCUT2D eigenvalue weighted by atomic mass is 10.1. The van der Waals surface area contributed by atoms with E-state index in [1.165, 1.54) is 6.07 Å². The molecule has 0 aliphatic rings. The van der Waals surface area contributed by atoms with Gasteiger partial charge in [-0.25, -0.2) is 9.07 Å². The maximum absolute atomic E-state index is 13.6. The van der Waals surface area contributed by atoms with Crippen LogP contribution < -0.4 is 10.1 Å². The molecule has 0 saturated heterocycles. The zero-order chi connectivity index (χ0) is 21.0. The van der Waals surface area contributed by atoms with Gasteiger partial charge < -0.3 is 10.1 Å². The lowest BCUT2D eigenvalue weighted by Gasteiger charge is -2.15. The maximum Gasteiger partial charge on any atom is 0.224 e. The van der Waals surface area contributed by atoms with E-state index in [0.29, 0.717) is 5.02 Å². The molecule has 0 aliphatic heterocycles. The predicted octanol–water partition coefficient (Wildman–Crippen LogP) is 4.41. The smallest absolute Gasteiger partial charge is 0.224 e. The first-order chi connectivity index (χ1) is 13.8. The van der Waals surface area contributed by atoms with Crippen molar-refractivity contribution in [2.45, 2.75) is 33.2 Å². The molecule has 1 N–H and O–H groups in total. The average Bonchev–Trinajstić information content (AvgIpc) is 2.96. The fourth-order valence-electron chi connectivity index (χ4n) is 3.07. The molecule has 0 bridgehead atoms. The number of hydrogen-bond donors (Lipinski definition) is 1. The van der Waals surface area contributed by atoms with Gasteiger partial charge in [0, 0.05) is 16.3 Å². The Hall–Kier alpha value is -2.86. The molecular weight excluding hydrogens is 393 g/mol. The molecule has 152 valence electrons. The molecule has 0 saturated carbocycles. The van der Waals surface area contributed by atoms with Gasteiger partial charge in [0.2, 0.25) is 5.91 Å². The molecule has 3 aromatic rings. The summed E-state index contributed by atoms with van der Waals surface area (Å²) in [4.78, 5) is 12.5. The lowest BCUT2D eigenvalue weighted by Crippen LogP contribution is -2.37. The number of aromatic nitrogens is 2. The van der Waals surface area contributed by atoms with Gasteiger partial charge in [-0.3, -0.25) is 4.79 Å². The third kappa shape index (κ3) is 5.15. The largest absolute Gasteiger partial charge is 0.488 e. The molecule has 0 aliphatic carbocycles. The molecule has 0 fully saturated rings. The van der Waals surface area contributed by atoms with Crippen LogP contribution in [0.25, 0.3) is 5.69 Å². The lowest BCUT2D eigenvalue weighted by molar-refractivity contribution is -0.121. The van der Waals surface area contributed by atoms with Gasteiger partial charge in [-0.2, -0.15) is 5.10 Å². The van der Waals surface area contributed by atoms with Crippen LogP contribution in [0.3, 0.4) is 0 Å². The topological polar surface area (TPSA) is 56.2 Å². The van der Waals surface area contributed by atoms with Gasteiger partial charge in [0.15, 0.2) is 11.6 Å². The van der Waals surface area contributed by atoms with Crippen LogP contribution in [0.15, 0.2) is 48.5 Å². The Morgan fingerprint density at radius 3 is 2.59 bits per heavy atom. The summed E-state index contributed by atoms with van der Waals surface area (Å²) >= 11 is 5.95. The average molecular weight is 416 g/mol. The van der Waals surface area contributed by atoms with Crippen molar-refractivity contribution in [3.8, 4) is 11.4 Å². The minimum Gasteiger partial charge on any atom is -0.488 e. The van der Waals surface area contributed by atoms with E-state index >= 15 is 0 Å². The van der Waals surface area contributed by atoms with Gasteiger partial charge in [-0.05, 0) is 57.2 Å². The molecule has 7 heteroatoms. The van der Waals surface area contributed by atoms with Crippen LogP contribution in [-0.2, 0) is 11.2 Å². The standard InChI is InChI=1S/C22H23ClFN3O2/c1-14(13-29-21-7-5-4-6-20(21)24)25-22(28)12-19-15(2)26-27(16(19)3)18-10-8-17(23)9-11-18/h4-11,14H,12-13H2,1-3H3,(H,25,28). The number of halogens is 2. The highest BCUT2D eigenvalue weighted by Gasteiger charge is 2.17. The number of amides is 1. The van der Waals surface area contributed by atoms with Crippen molar-refractivity contribution in [3.05, 3.63) is 76.3 Å². The van der Waals surface area contributed by atoms with Crippen molar-refractivity contribution < 1.29 is 13.9 Å². The molecule has 0 radical (unpaired) electrons. The summed E-state index contributed by atoms with van der Waals surface area (Å²) in [5.74, 6) is -0.395. The maximum atomic E-state index is 13.6. The summed E-state index contributed by atoms with van der Waals surface area (Å²) in [7, 11) is 0. The molecule has 5 nitrogen and oxygen atoms in total. The van der Waals surface area contributed by atoms with Gasteiger partial charge in [-0.15, -0.1) is 0 Å². The number of carbonyl (C=O) groups excluding carboxylic acids is 1. The molecular formula is C22H23ClFN3O2. The van der Waals surface area contributed by atoms with E-state index in [1.54, 1.807) is 35.0 Å². The van der Waals surface area contributed by atoms with Gasteiger partial charge in [0.05, 0.1) is 23.8 Å². The summed E-state index contributed by atoms with van der Waals surface area (Å²) in [5, 5.41) is 8.10. The first-order valence-electron chi connectivity index (χ1n) is 9.33. The second-order valence-electron chi connectivity index (χ2n) is 6.92. The summed E-state index contributed by atoms with van der Waals surface area (Å²) in [6.07, 6.45) is 0.204. The van der Waals surface area contributed by atoms with Crippen LogP contribution in [-0.4, -0.2) is 28.3 Å². The van der Waals surface area contributed by atoms with Gasteiger partial charge >= 0.3 is 0 Å². The normalized spacial score (nSPS) is 11.9. The monoisotopic (exact) mass is 415 g/mol. The van der Waals surface area contributed by atoms with E-state index in [2.05, 4.69) is 10.4 Å². The fraction of sp³-hybridized carbons (Fsp3) is 0.273. The van der Waals surface area contributed by atoms with E-state index in [-0.39, 0.29) is 30.7 Å². The fourth-order valence-corrected chi connectivity index (χ4v) is 3.20. The SMILES string of the molecule is Cc1nn(-c2ccc(Cl)cc2)c(C)c1CC(=O)NC(C)COc1ccccc1F. The van der Waals surface area contributed by atoms with E-state index in [4.69, 9.17) is 16.3 Å². The van der Waals surface area contributed by atoms with E-state index < -0.39 is 5.82 Å². The Morgan fingerprint density at radius 1 is 1.21 bits per heavy atom. The van der Waals surface area contributed by atoms with Crippen molar-refractivity contribution in [3.63, 3.8) is 0 Å². The number of aryl methyl sites for hydroxylation is 1. The first-order valence-corrected chi connectivity index (χ1v) is 9.70. The molecule has 3 rings (SSSR count). The number of rotatable bonds is 7. The number of nitrogens with one attached hydrogen (secondary N) is 1. The number of benzene rings is 2. The van der Waals surface area contributed by atoms with Crippen LogP contribution in [0.5, 0.6) is 5.75 Å². The highest BCUT2D eigenvalue weighted by atomic mass is 35.5. The minimum atomic E-state index is -0.424. The third-order valence-electron chi connectivity index (χ3n) is 4.58. The van der Waals surface area contributed by atoms with Crippen LogP contribution >= 0.6 is 11.6 Å². The zero-order valence-electron chi connectivity index (χ0n) is 16.6. The summed E-state index contributed by atoms with van der Waals surface area (Å²) in [5.41, 5.74) is 3.45. The molecule has 29 heavy (non-hydrogen) atoms. The molecule has 1 heterocycles. The van der Waals surface area contributed by atoms with E-state index in [9.17, 15) is 9.18 Å². The number of carbonyl (C=O) groups is 1. The van der Waals surface area contributed by atoms with Crippen LogP contribution in [0.2, 0.25) is 5.02 Å². The number of para-hydroxylation sites is 1. The Balaban J connectivity index is 1.61. The van der Waals surface area contributed by atoms with Crippen molar-refractivity contribution in [1.29, 1.82) is 0 Å². The van der Waals surface area contributed by atoms with Gasteiger partial charge in [0.1, 0.15) is 6.61 Å². The third-order valence-corrected chi connectivity index (χ3v) is 4.83. The molecule has 1 atom stereocenters. The van der Waals surface area contributed by atoms with Crippen molar-refractivity contribution in [2.75, 3.05) is 6.61 Å². The molecule has 0 spiro atoms. The Kier molecular flexibility index (Phi) is 6.54. The zero-order valence-corrected chi connectivity index (χ0v) is 17.3. The van der Waals surface area contributed by atoms with Crippen LogP contribution in [0, 0.1) is 19.7 Å². The van der Waals surface area contributed by atoms with E-state index in [0.717, 1.165) is 22.6 Å². The second kappa shape index (κ2) is 9.09. The quantitative estimate of drug-likeness (QED) is 0.622. The molecule has 2 aromatic carbocycles.